The first-order chi connectivity index (χ1) is 7.77. The summed E-state index contributed by atoms with van der Waals surface area (Å²) < 4.78 is 2.01. The van der Waals surface area contributed by atoms with Crippen molar-refractivity contribution in [1.29, 1.82) is 0 Å². The highest BCUT2D eigenvalue weighted by atomic mass is 127. The van der Waals surface area contributed by atoms with E-state index in [-0.39, 0.29) is 24.0 Å². The van der Waals surface area contributed by atoms with Gasteiger partial charge in [0.2, 0.25) is 0 Å². The van der Waals surface area contributed by atoms with Crippen LogP contribution < -0.4 is 0 Å². The van der Waals surface area contributed by atoms with Crippen molar-refractivity contribution in [3.63, 3.8) is 0 Å². The van der Waals surface area contributed by atoms with Crippen molar-refractivity contribution in [2.45, 2.75) is 52.4 Å². The second-order valence-electron chi connectivity index (χ2n) is 4.57. The minimum atomic E-state index is 0. The van der Waals surface area contributed by atoms with E-state index in [9.17, 15) is 0 Å². The zero-order valence-corrected chi connectivity index (χ0v) is 13.4. The Hall–Kier alpha value is -0.320. The molecule has 17 heavy (non-hydrogen) atoms. The Morgan fingerprint density at radius 2 is 2.18 bits per heavy atom. The molecule has 0 radical (unpaired) electrons. The Morgan fingerprint density at radius 1 is 1.41 bits per heavy atom. The molecule has 2 nitrogen and oxygen atoms in total. The average Bonchev–Trinajstić information content (AvgIpc) is 2.74. The average molecular weight is 348 g/mol. The van der Waals surface area contributed by atoms with Gasteiger partial charge in [-0.2, -0.15) is 0 Å². The zero-order valence-electron chi connectivity index (χ0n) is 11.1. The fourth-order valence-electron chi connectivity index (χ4n) is 1.97. The van der Waals surface area contributed by atoms with Crippen molar-refractivity contribution in [2.75, 3.05) is 0 Å². The van der Waals surface area contributed by atoms with Gasteiger partial charge in [-0.3, -0.25) is 0 Å². The number of imidazole rings is 1. The van der Waals surface area contributed by atoms with Gasteiger partial charge in [-0.25, -0.2) is 4.98 Å². The third-order valence-corrected chi connectivity index (χ3v) is 3.11. The lowest BCUT2D eigenvalue weighted by molar-refractivity contribution is 0.459. The van der Waals surface area contributed by atoms with E-state index >= 15 is 0 Å². The van der Waals surface area contributed by atoms with Crippen LogP contribution in [0.3, 0.4) is 0 Å². The summed E-state index contributed by atoms with van der Waals surface area (Å²) in [6, 6.07) is 0. The largest absolute Gasteiger partial charge is 0.311 e. The van der Waals surface area contributed by atoms with Crippen LogP contribution in [-0.4, -0.2) is 9.55 Å². The molecule has 0 saturated heterocycles. The van der Waals surface area contributed by atoms with E-state index < -0.39 is 0 Å². The molecule has 1 heterocycles. The first kappa shape index (κ1) is 16.7. The molecule has 0 bridgehead atoms. The summed E-state index contributed by atoms with van der Waals surface area (Å²) in [5, 5.41) is 0. The van der Waals surface area contributed by atoms with E-state index in [0.29, 0.717) is 0 Å². The van der Waals surface area contributed by atoms with Gasteiger partial charge >= 0.3 is 0 Å². The molecule has 3 heteroatoms. The monoisotopic (exact) mass is 348 g/mol. The van der Waals surface area contributed by atoms with Gasteiger partial charge in [-0.05, 0) is 12.3 Å². The summed E-state index contributed by atoms with van der Waals surface area (Å²) in [7, 11) is 0. The molecule has 1 aromatic rings. The molecular weight excluding hydrogens is 323 g/mol. The van der Waals surface area contributed by atoms with Crippen LogP contribution in [0.15, 0.2) is 19.0 Å². The standard InChI is InChI=1S/C14H24N2.HI/c1-4-6-7-8-13(3)9-10-14-15-11-12-16(14)5-2;/h5,11-13H,2,4,6-10H2,1,3H3;1H. The van der Waals surface area contributed by atoms with Crippen LogP contribution in [0.2, 0.25) is 0 Å². The number of aromatic nitrogens is 2. The van der Waals surface area contributed by atoms with Gasteiger partial charge in [0.15, 0.2) is 0 Å². The summed E-state index contributed by atoms with van der Waals surface area (Å²) >= 11 is 0. The second kappa shape index (κ2) is 9.68. The maximum Gasteiger partial charge on any atom is 0.112 e. The fourth-order valence-corrected chi connectivity index (χ4v) is 1.97. The predicted molar refractivity (Wildman–Crippen MR) is 85.7 cm³/mol. The number of nitrogens with zero attached hydrogens (tertiary/aromatic N) is 2. The van der Waals surface area contributed by atoms with E-state index in [4.69, 9.17) is 0 Å². The molecule has 0 spiro atoms. The number of aryl methyl sites for hydroxylation is 1. The Kier molecular flexibility index (Phi) is 9.50. The number of unbranched alkanes of at least 4 members (excludes halogenated alkanes) is 2. The third-order valence-electron chi connectivity index (χ3n) is 3.11. The van der Waals surface area contributed by atoms with Gasteiger partial charge in [-0.15, -0.1) is 24.0 Å². The van der Waals surface area contributed by atoms with Crippen LogP contribution in [0.25, 0.3) is 6.20 Å². The summed E-state index contributed by atoms with van der Waals surface area (Å²) in [6.07, 6.45) is 13.3. The molecular formula is C14H25IN2. The van der Waals surface area contributed by atoms with Crippen LogP contribution >= 0.6 is 24.0 Å². The van der Waals surface area contributed by atoms with Crippen LogP contribution in [0.1, 0.15) is 51.8 Å². The molecule has 0 aliphatic carbocycles. The first-order valence-electron chi connectivity index (χ1n) is 6.42. The minimum absolute atomic E-state index is 0. The summed E-state index contributed by atoms with van der Waals surface area (Å²) in [5.41, 5.74) is 0. The number of hydrogen-bond donors (Lipinski definition) is 0. The van der Waals surface area contributed by atoms with Crippen LogP contribution in [-0.2, 0) is 6.42 Å². The smallest absolute Gasteiger partial charge is 0.112 e. The van der Waals surface area contributed by atoms with Crippen molar-refractivity contribution in [3.05, 3.63) is 24.8 Å². The molecule has 0 amide bonds. The Labute approximate surface area is 123 Å². The lowest BCUT2D eigenvalue weighted by Crippen LogP contribution is -2.01. The SMILES string of the molecule is C=Cn1ccnc1CCC(C)CCCCC.I. The topological polar surface area (TPSA) is 17.8 Å². The van der Waals surface area contributed by atoms with E-state index in [1.54, 1.807) is 0 Å². The van der Waals surface area contributed by atoms with Gasteiger partial charge in [0.1, 0.15) is 5.82 Å². The molecule has 0 N–H and O–H groups in total. The van der Waals surface area contributed by atoms with Crippen molar-refractivity contribution in [1.82, 2.24) is 9.55 Å². The predicted octanol–water partition coefficient (Wildman–Crippen LogP) is 4.75. The molecule has 0 saturated carbocycles. The summed E-state index contributed by atoms with van der Waals surface area (Å²) in [4.78, 5) is 4.35. The fraction of sp³-hybridized carbons (Fsp3) is 0.643. The maximum atomic E-state index is 4.35. The zero-order chi connectivity index (χ0) is 11.8. The van der Waals surface area contributed by atoms with Gasteiger partial charge in [0.25, 0.3) is 0 Å². The summed E-state index contributed by atoms with van der Waals surface area (Å²) in [5.74, 6) is 1.94. The highest BCUT2D eigenvalue weighted by molar-refractivity contribution is 14.0. The number of halogens is 1. The van der Waals surface area contributed by atoms with E-state index in [2.05, 4.69) is 25.4 Å². The van der Waals surface area contributed by atoms with Crippen molar-refractivity contribution in [3.8, 4) is 0 Å². The van der Waals surface area contributed by atoms with Crippen LogP contribution in [0.4, 0.5) is 0 Å². The number of rotatable bonds is 8. The van der Waals surface area contributed by atoms with Crippen molar-refractivity contribution >= 4 is 30.2 Å². The van der Waals surface area contributed by atoms with E-state index in [0.717, 1.165) is 18.2 Å². The first-order valence-corrected chi connectivity index (χ1v) is 6.42. The quantitative estimate of drug-likeness (QED) is 0.490. The Morgan fingerprint density at radius 3 is 2.82 bits per heavy atom. The molecule has 0 aliphatic rings. The molecule has 98 valence electrons. The highest BCUT2D eigenvalue weighted by Crippen LogP contribution is 2.15. The van der Waals surface area contributed by atoms with Gasteiger partial charge in [-0.1, -0.05) is 46.1 Å². The maximum absolute atomic E-state index is 4.35. The molecule has 1 rings (SSSR count). The Balaban J connectivity index is 0.00000256. The van der Waals surface area contributed by atoms with E-state index in [1.807, 2.05) is 23.2 Å². The molecule has 1 atom stereocenters. The Bertz CT molecular complexity index is 307. The van der Waals surface area contributed by atoms with Gasteiger partial charge < -0.3 is 4.57 Å². The molecule has 0 aromatic carbocycles. The summed E-state index contributed by atoms with van der Waals surface area (Å²) in [6.45, 7) is 8.37. The molecule has 0 fully saturated rings. The van der Waals surface area contributed by atoms with Gasteiger partial charge in [0, 0.05) is 25.0 Å². The van der Waals surface area contributed by atoms with E-state index in [1.165, 1.54) is 32.1 Å². The second-order valence-corrected chi connectivity index (χ2v) is 4.57. The van der Waals surface area contributed by atoms with Crippen molar-refractivity contribution in [2.24, 2.45) is 5.92 Å². The van der Waals surface area contributed by atoms with Crippen LogP contribution in [0, 0.1) is 5.92 Å². The lowest BCUT2D eigenvalue weighted by Gasteiger charge is -2.10. The minimum Gasteiger partial charge on any atom is -0.311 e. The third kappa shape index (κ3) is 6.24. The van der Waals surface area contributed by atoms with Gasteiger partial charge in [0.05, 0.1) is 0 Å². The molecule has 1 unspecified atom stereocenters. The lowest BCUT2D eigenvalue weighted by atomic mass is 9.98. The molecule has 1 aromatic heterocycles. The van der Waals surface area contributed by atoms with Crippen molar-refractivity contribution < 1.29 is 0 Å². The molecule has 0 aliphatic heterocycles. The highest BCUT2D eigenvalue weighted by Gasteiger charge is 2.05. The number of hydrogen-bond acceptors (Lipinski definition) is 1. The van der Waals surface area contributed by atoms with Crippen LogP contribution in [0.5, 0.6) is 0 Å². The normalized spacial score (nSPS) is 11.9.